The molecule has 0 aliphatic carbocycles. The minimum atomic E-state index is -0.358. The topological polar surface area (TPSA) is 75.7 Å². The summed E-state index contributed by atoms with van der Waals surface area (Å²) in [4.78, 5) is 35.5. The van der Waals surface area contributed by atoms with Crippen LogP contribution in [0.2, 0.25) is 0 Å². The van der Waals surface area contributed by atoms with E-state index in [9.17, 15) is 14.4 Å². The summed E-state index contributed by atoms with van der Waals surface area (Å²) in [6.45, 7) is 7.47. The normalized spacial score (nSPS) is 14.8. The van der Waals surface area contributed by atoms with Crippen molar-refractivity contribution < 1.29 is 19.1 Å². The van der Waals surface area contributed by atoms with Gasteiger partial charge in [0.25, 0.3) is 11.8 Å². The van der Waals surface area contributed by atoms with Crippen LogP contribution in [0.3, 0.4) is 0 Å². The van der Waals surface area contributed by atoms with Gasteiger partial charge in [-0.3, -0.25) is 19.3 Å². The third-order valence-electron chi connectivity index (χ3n) is 3.50. The highest BCUT2D eigenvalue weighted by Gasteiger charge is 2.23. The van der Waals surface area contributed by atoms with Crippen LogP contribution in [0, 0.1) is 0 Å². The second-order valence-electron chi connectivity index (χ2n) is 5.97. The molecule has 0 aromatic carbocycles. The minimum Gasteiger partial charge on any atom is -0.376 e. The van der Waals surface area contributed by atoms with Crippen LogP contribution in [0.4, 0.5) is 0 Å². The molecule has 3 amide bonds. The summed E-state index contributed by atoms with van der Waals surface area (Å²) in [7, 11) is 0. The lowest BCUT2D eigenvalue weighted by Crippen LogP contribution is -2.36. The van der Waals surface area contributed by atoms with Gasteiger partial charge in [0.05, 0.1) is 5.60 Å². The van der Waals surface area contributed by atoms with Crippen LogP contribution < -0.4 is 5.32 Å². The number of imide groups is 1. The molecule has 6 heteroatoms. The summed E-state index contributed by atoms with van der Waals surface area (Å²) < 4.78 is 5.76. The zero-order chi connectivity index (χ0) is 16.6. The monoisotopic (exact) mass is 310 g/mol. The predicted molar refractivity (Wildman–Crippen MR) is 83.0 cm³/mol. The molecular formula is C16H26N2O4. The quantitative estimate of drug-likeness (QED) is 0.489. The molecule has 6 nitrogen and oxygen atoms in total. The summed E-state index contributed by atoms with van der Waals surface area (Å²) >= 11 is 0. The van der Waals surface area contributed by atoms with Gasteiger partial charge in [0.2, 0.25) is 5.91 Å². The van der Waals surface area contributed by atoms with Crippen LogP contribution in [0.25, 0.3) is 0 Å². The smallest absolute Gasteiger partial charge is 0.253 e. The molecule has 0 unspecified atom stereocenters. The lowest BCUT2D eigenvalue weighted by molar-refractivity contribution is -0.137. The lowest BCUT2D eigenvalue weighted by Gasteiger charge is -2.25. The van der Waals surface area contributed by atoms with Gasteiger partial charge in [-0.05, 0) is 26.7 Å². The first-order valence-corrected chi connectivity index (χ1v) is 7.80. The van der Waals surface area contributed by atoms with E-state index in [1.807, 2.05) is 13.8 Å². The molecule has 0 radical (unpaired) electrons. The largest absolute Gasteiger partial charge is 0.376 e. The van der Waals surface area contributed by atoms with E-state index in [4.69, 9.17) is 4.74 Å². The van der Waals surface area contributed by atoms with Crippen molar-refractivity contribution in [2.24, 2.45) is 0 Å². The lowest BCUT2D eigenvalue weighted by atomic mass is 10.1. The highest BCUT2D eigenvalue weighted by molar-refractivity contribution is 6.13. The molecule has 0 atom stereocenters. The summed E-state index contributed by atoms with van der Waals surface area (Å²) in [5.74, 6) is -0.886. The maximum atomic E-state index is 11.7. The summed E-state index contributed by atoms with van der Waals surface area (Å²) in [5, 5.41) is 2.79. The second kappa shape index (κ2) is 8.68. The van der Waals surface area contributed by atoms with E-state index in [1.165, 1.54) is 12.2 Å². The van der Waals surface area contributed by atoms with Crippen molar-refractivity contribution >= 4 is 17.7 Å². The van der Waals surface area contributed by atoms with Gasteiger partial charge in [0.1, 0.15) is 0 Å². The first-order chi connectivity index (χ1) is 10.4. The van der Waals surface area contributed by atoms with Gasteiger partial charge in [-0.2, -0.15) is 0 Å². The Labute approximate surface area is 131 Å². The van der Waals surface area contributed by atoms with Crippen LogP contribution >= 0.6 is 0 Å². The van der Waals surface area contributed by atoms with Gasteiger partial charge in [-0.15, -0.1) is 0 Å². The van der Waals surface area contributed by atoms with Crippen molar-refractivity contribution in [3.63, 3.8) is 0 Å². The van der Waals surface area contributed by atoms with Gasteiger partial charge < -0.3 is 10.1 Å². The Morgan fingerprint density at radius 2 is 1.91 bits per heavy atom. The van der Waals surface area contributed by atoms with E-state index in [-0.39, 0.29) is 36.3 Å². The Morgan fingerprint density at radius 1 is 1.27 bits per heavy atom. The maximum Gasteiger partial charge on any atom is 0.253 e. The van der Waals surface area contributed by atoms with E-state index in [2.05, 4.69) is 12.2 Å². The molecule has 0 bridgehead atoms. The molecule has 22 heavy (non-hydrogen) atoms. The van der Waals surface area contributed by atoms with Crippen LogP contribution in [0.15, 0.2) is 12.2 Å². The molecule has 0 fully saturated rings. The highest BCUT2D eigenvalue weighted by Crippen LogP contribution is 2.14. The van der Waals surface area contributed by atoms with Gasteiger partial charge >= 0.3 is 0 Å². The number of nitrogens with one attached hydrogen (secondary N) is 1. The van der Waals surface area contributed by atoms with Crippen molar-refractivity contribution in [1.82, 2.24) is 10.2 Å². The van der Waals surface area contributed by atoms with Gasteiger partial charge in [0, 0.05) is 38.3 Å². The fourth-order valence-corrected chi connectivity index (χ4v) is 2.02. The molecule has 1 heterocycles. The SMILES string of the molecule is CCCCOC(C)(C)CCNC(=O)CCN1C(=O)C=CC1=O. The molecule has 1 aliphatic heterocycles. The third-order valence-corrected chi connectivity index (χ3v) is 3.50. The zero-order valence-corrected chi connectivity index (χ0v) is 13.7. The van der Waals surface area contributed by atoms with Crippen LogP contribution in [0.5, 0.6) is 0 Å². The Hall–Kier alpha value is -1.69. The summed E-state index contributed by atoms with van der Waals surface area (Å²) in [5.41, 5.74) is -0.271. The molecule has 0 spiro atoms. The molecular weight excluding hydrogens is 284 g/mol. The van der Waals surface area contributed by atoms with Gasteiger partial charge in [-0.1, -0.05) is 13.3 Å². The van der Waals surface area contributed by atoms with Crippen LogP contribution in [-0.4, -0.2) is 47.9 Å². The van der Waals surface area contributed by atoms with E-state index in [0.29, 0.717) is 13.0 Å². The van der Waals surface area contributed by atoms with Crippen LogP contribution in [0.1, 0.15) is 46.5 Å². The number of unbranched alkanes of at least 4 members (excludes halogenated alkanes) is 1. The number of carbonyl (C=O) groups excluding carboxylic acids is 3. The Balaban J connectivity index is 2.18. The summed E-state index contributed by atoms with van der Waals surface area (Å²) in [6, 6.07) is 0. The van der Waals surface area contributed by atoms with E-state index in [1.54, 1.807) is 0 Å². The standard InChI is InChI=1S/C16H26N2O4/c1-4-5-12-22-16(2,3)9-10-17-13(19)8-11-18-14(20)6-7-15(18)21/h6-7H,4-5,8-12H2,1-3H3,(H,17,19). The Kier molecular flexibility index (Phi) is 7.24. The van der Waals surface area contributed by atoms with E-state index >= 15 is 0 Å². The third kappa shape index (κ3) is 6.39. The molecule has 0 saturated carbocycles. The average molecular weight is 310 g/mol. The van der Waals surface area contributed by atoms with Crippen molar-refractivity contribution in [2.45, 2.75) is 52.1 Å². The molecule has 1 N–H and O–H groups in total. The molecule has 0 aromatic rings. The van der Waals surface area contributed by atoms with E-state index in [0.717, 1.165) is 24.3 Å². The zero-order valence-electron chi connectivity index (χ0n) is 13.7. The number of amides is 3. The van der Waals surface area contributed by atoms with Gasteiger partial charge in [-0.25, -0.2) is 0 Å². The number of nitrogens with zero attached hydrogens (tertiary/aromatic N) is 1. The number of hydrogen-bond donors (Lipinski definition) is 1. The minimum absolute atomic E-state index is 0.118. The van der Waals surface area contributed by atoms with Crippen molar-refractivity contribution in [3.8, 4) is 0 Å². The number of hydrogen-bond acceptors (Lipinski definition) is 4. The Bertz CT molecular complexity index is 425. The number of ether oxygens (including phenoxy) is 1. The number of rotatable bonds is 10. The molecule has 0 aromatic heterocycles. The number of carbonyl (C=O) groups is 3. The predicted octanol–water partition coefficient (Wildman–Crippen LogP) is 1.40. The van der Waals surface area contributed by atoms with Crippen molar-refractivity contribution in [3.05, 3.63) is 12.2 Å². The highest BCUT2D eigenvalue weighted by atomic mass is 16.5. The van der Waals surface area contributed by atoms with Crippen molar-refractivity contribution in [1.29, 1.82) is 0 Å². The summed E-state index contributed by atoms with van der Waals surface area (Å²) in [6.07, 6.45) is 5.39. The first-order valence-electron chi connectivity index (χ1n) is 7.80. The maximum absolute atomic E-state index is 11.7. The van der Waals surface area contributed by atoms with Gasteiger partial charge in [0.15, 0.2) is 0 Å². The van der Waals surface area contributed by atoms with Crippen LogP contribution in [-0.2, 0) is 19.1 Å². The fraction of sp³-hybridized carbons (Fsp3) is 0.688. The Morgan fingerprint density at radius 3 is 2.50 bits per heavy atom. The molecule has 1 aliphatic rings. The molecule has 124 valence electrons. The first kappa shape index (κ1) is 18.4. The van der Waals surface area contributed by atoms with Crippen molar-refractivity contribution in [2.75, 3.05) is 19.7 Å². The second-order valence-corrected chi connectivity index (χ2v) is 5.97. The molecule has 1 rings (SSSR count). The average Bonchev–Trinajstić information content (AvgIpc) is 2.76. The molecule has 0 saturated heterocycles. The fourth-order valence-electron chi connectivity index (χ4n) is 2.02. The van der Waals surface area contributed by atoms with E-state index < -0.39 is 0 Å².